The third-order valence-electron chi connectivity index (χ3n) is 1.95. The van der Waals surface area contributed by atoms with Gasteiger partial charge in [-0.1, -0.05) is 19.1 Å². The third kappa shape index (κ3) is 3.77. The van der Waals surface area contributed by atoms with Crippen LogP contribution in [0.1, 0.15) is 30.1 Å². The van der Waals surface area contributed by atoms with E-state index in [0.29, 0.717) is 18.4 Å². The number of carbonyl (C=O) groups is 1. The molecule has 1 rings (SSSR count). The molecule has 0 radical (unpaired) electrons. The van der Waals surface area contributed by atoms with Gasteiger partial charge in [0.1, 0.15) is 0 Å². The van der Waals surface area contributed by atoms with Crippen LogP contribution in [0.3, 0.4) is 0 Å². The van der Waals surface area contributed by atoms with Crippen LogP contribution in [0.4, 0.5) is 0 Å². The fourth-order valence-corrected chi connectivity index (χ4v) is 1.88. The molecule has 0 saturated carbocycles. The molecule has 0 fully saturated rings. The summed E-state index contributed by atoms with van der Waals surface area (Å²) in [7, 11) is 0. The summed E-state index contributed by atoms with van der Waals surface area (Å²) in [5.74, 6) is 1.08. The normalized spacial score (nSPS) is 9.60. The van der Waals surface area contributed by atoms with Gasteiger partial charge < -0.3 is 0 Å². The molecule has 0 spiro atoms. The lowest BCUT2D eigenvalue weighted by molar-refractivity contribution is 0.0984. The van der Waals surface area contributed by atoms with Gasteiger partial charge in [-0.15, -0.1) is 11.8 Å². The molecular formula is C12H13NOS. The Hall–Kier alpha value is -1.27. The van der Waals surface area contributed by atoms with Crippen molar-refractivity contribution in [1.82, 2.24) is 0 Å². The lowest BCUT2D eigenvalue weighted by Crippen LogP contribution is -1.97. The summed E-state index contributed by atoms with van der Waals surface area (Å²) in [6.07, 6.45) is 0.612. The van der Waals surface area contributed by atoms with Crippen molar-refractivity contribution in [3.05, 3.63) is 29.8 Å². The number of thioether (sulfide) groups is 1. The highest BCUT2D eigenvalue weighted by atomic mass is 32.2. The topological polar surface area (TPSA) is 40.9 Å². The number of nitrogens with zero attached hydrogens (tertiary/aromatic N) is 1. The number of hydrogen-bond donors (Lipinski definition) is 0. The van der Waals surface area contributed by atoms with E-state index in [1.165, 1.54) is 4.90 Å². The summed E-state index contributed by atoms with van der Waals surface area (Å²) in [5.41, 5.74) is 0.700. The van der Waals surface area contributed by atoms with Gasteiger partial charge in [0.05, 0.1) is 6.07 Å². The molecule has 1 aromatic carbocycles. The summed E-state index contributed by atoms with van der Waals surface area (Å²) in [6, 6.07) is 9.54. The Morgan fingerprint density at radius 3 is 2.60 bits per heavy atom. The molecule has 0 atom stereocenters. The minimum atomic E-state index is 0.0459. The average Bonchev–Trinajstić information content (AvgIpc) is 2.27. The minimum absolute atomic E-state index is 0.0459. The van der Waals surface area contributed by atoms with Crippen LogP contribution in [-0.2, 0) is 0 Å². The van der Waals surface area contributed by atoms with Gasteiger partial charge >= 0.3 is 0 Å². The van der Waals surface area contributed by atoms with Crippen molar-refractivity contribution in [2.75, 3.05) is 5.75 Å². The predicted molar refractivity (Wildman–Crippen MR) is 62.0 cm³/mol. The van der Waals surface area contributed by atoms with Crippen molar-refractivity contribution >= 4 is 17.5 Å². The summed E-state index contributed by atoms with van der Waals surface area (Å²) in [5, 5.41) is 8.37. The first-order valence-electron chi connectivity index (χ1n) is 4.91. The van der Waals surface area contributed by atoms with E-state index in [2.05, 4.69) is 6.92 Å². The maximum absolute atomic E-state index is 11.5. The first kappa shape index (κ1) is 11.8. The fraction of sp³-hybridized carbons (Fsp3) is 0.333. The van der Waals surface area contributed by atoms with Gasteiger partial charge in [0.2, 0.25) is 0 Å². The summed E-state index contributed by atoms with van der Waals surface area (Å²) < 4.78 is 0. The van der Waals surface area contributed by atoms with E-state index < -0.39 is 0 Å². The second-order valence-corrected chi connectivity index (χ2v) is 4.38. The SMILES string of the molecule is CCSc1ccc(C(=O)CCC#N)cc1. The highest BCUT2D eigenvalue weighted by molar-refractivity contribution is 7.99. The number of rotatable bonds is 5. The van der Waals surface area contributed by atoms with Gasteiger partial charge in [0, 0.05) is 23.3 Å². The average molecular weight is 219 g/mol. The molecule has 3 heteroatoms. The molecule has 0 saturated heterocycles. The molecule has 0 unspecified atom stereocenters. The zero-order chi connectivity index (χ0) is 11.1. The van der Waals surface area contributed by atoms with Crippen LogP contribution in [0.25, 0.3) is 0 Å². The summed E-state index contributed by atoms with van der Waals surface area (Å²) in [4.78, 5) is 12.7. The minimum Gasteiger partial charge on any atom is -0.294 e. The monoisotopic (exact) mass is 219 g/mol. The van der Waals surface area contributed by atoms with E-state index in [0.717, 1.165) is 5.75 Å². The molecular weight excluding hydrogens is 206 g/mol. The molecule has 2 nitrogen and oxygen atoms in total. The van der Waals surface area contributed by atoms with Gasteiger partial charge in [0.25, 0.3) is 0 Å². The Labute approximate surface area is 94.3 Å². The van der Waals surface area contributed by atoms with Crippen molar-refractivity contribution in [1.29, 1.82) is 5.26 Å². The Bertz CT molecular complexity index is 364. The highest BCUT2D eigenvalue weighted by Gasteiger charge is 2.04. The molecule has 0 heterocycles. The quantitative estimate of drug-likeness (QED) is 0.563. The van der Waals surface area contributed by atoms with Crippen molar-refractivity contribution < 1.29 is 4.79 Å². The first-order chi connectivity index (χ1) is 7.27. The van der Waals surface area contributed by atoms with Crippen molar-refractivity contribution in [2.24, 2.45) is 0 Å². The van der Waals surface area contributed by atoms with Gasteiger partial charge in [-0.05, 0) is 17.9 Å². The van der Waals surface area contributed by atoms with E-state index in [4.69, 9.17) is 5.26 Å². The van der Waals surface area contributed by atoms with E-state index in [1.54, 1.807) is 11.8 Å². The lowest BCUT2D eigenvalue weighted by atomic mass is 10.1. The summed E-state index contributed by atoms with van der Waals surface area (Å²) in [6.45, 7) is 2.09. The number of nitriles is 1. The zero-order valence-electron chi connectivity index (χ0n) is 8.69. The summed E-state index contributed by atoms with van der Waals surface area (Å²) >= 11 is 1.75. The van der Waals surface area contributed by atoms with Gasteiger partial charge in [0.15, 0.2) is 5.78 Å². The maximum atomic E-state index is 11.5. The number of hydrogen-bond acceptors (Lipinski definition) is 3. The van der Waals surface area contributed by atoms with Crippen LogP contribution in [0.5, 0.6) is 0 Å². The highest BCUT2D eigenvalue weighted by Crippen LogP contribution is 2.18. The van der Waals surface area contributed by atoms with E-state index in [1.807, 2.05) is 30.3 Å². The van der Waals surface area contributed by atoms with Crippen LogP contribution in [0.2, 0.25) is 0 Å². The Morgan fingerprint density at radius 1 is 1.40 bits per heavy atom. The largest absolute Gasteiger partial charge is 0.294 e. The molecule has 78 valence electrons. The van der Waals surface area contributed by atoms with E-state index in [-0.39, 0.29) is 5.78 Å². The maximum Gasteiger partial charge on any atom is 0.163 e. The number of Topliss-reactive ketones (excluding diaryl/α,β-unsaturated/α-hetero) is 1. The molecule has 0 N–H and O–H groups in total. The lowest BCUT2D eigenvalue weighted by Gasteiger charge is -2.00. The van der Waals surface area contributed by atoms with Crippen LogP contribution < -0.4 is 0 Å². The van der Waals surface area contributed by atoms with Gasteiger partial charge in [-0.3, -0.25) is 4.79 Å². The van der Waals surface area contributed by atoms with Crippen molar-refractivity contribution in [2.45, 2.75) is 24.7 Å². The standard InChI is InChI=1S/C12H13NOS/c1-2-15-11-7-5-10(6-8-11)12(14)4-3-9-13/h5-8H,2-4H2,1H3. The second-order valence-electron chi connectivity index (χ2n) is 3.04. The molecule has 15 heavy (non-hydrogen) atoms. The van der Waals surface area contributed by atoms with Gasteiger partial charge in [-0.25, -0.2) is 0 Å². The molecule has 0 aliphatic rings. The van der Waals surface area contributed by atoms with Crippen LogP contribution in [-0.4, -0.2) is 11.5 Å². The number of benzene rings is 1. The fourth-order valence-electron chi connectivity index (χ4n) is 1.22. The number of carbonyl (C=O) groups excluding carboxylic acids is 1. The van der Waals surface area contributed by atoms with E-state index >= 15 is 0 Å². The number of ketones is 1. The molecule has 1 aromatic rings. The Balaban J connectivity index is 2.63. The van der Waals surface area contributed by atoms with Gasteiger partial charge in [-0.2, -0.15) is 5.26 Å². The van der Waals surface area contributed by atoms with E-state index in [9.17, 15) is 4.79 Å². The molecule has 0 bridgehead atoms. The predicted octanol–water partition coefficient (Wildman–Crippen LogP) is 3.29. The first-order valence-corrected chi connectivity index (χ1v) is 5.89. The van der Waals surface area contributed by atoms with Crippen LogP contribution >= 0.6 is 11.8 Å². The van der Waals surface area contributed by atoms with Crippen LogP contribution in [0, 0.1) is 11.3 Å². The Morgan fingerprint density at radius 2 is 2.07 bits per heavy atom. The zero-order valence-corrected chi connectivity index (χ0v) is 9.51. The van der Waals surface area contributed by atoms with Crippen molar-refractivity contribution in [3.8, 4) is 6.07 Å². The Kier molecular flexibility index (Phi) is 4.92. The molecule has 0 aliphatic heterocycles. The third-order valence-corrected chi connectivity index (χ3v) is 2.85. The molecule has 0 aromatic heterocycles. The second kappa shape index (κ2) is 6.26. The van der Waals surface area contributed by atoms with Crippen molar-refractivity contribution in [3.63, 3.8) is 0 Å². The molecule has 0 aliphatic carbocycles. The molecule has 0 amide bonds. The smallest absolute Gasteiger partial charge is 0.163 e. The van der Waals surface area contributed by atoms with Crippen LogP contribution in [0.15, 0.2) is 29.2 Å².